The van der Waals surface area contributed by atoms with E-state index < -0.39 is 0 Å². The van der Waals surface area contributed by atoms with Crippen molar-refractivity contribution in [2.75, 3.05) is 13.1 Å². The van der Waals surface area contributed by atoms with E-state index in [9.17, 15) is 4.79 Å². The smallest absolute Gasteiger partial charge is 0.249 e. The summed E-state index contributed by atoms with van der Waals surface area (Å²) in [6.45, 7) is 1.11. The van der Waals surface area contributed by atoms with Gasteiger partial charge in [-0.2, -0.15) is 0 Å². The average molecular weight is 419 g/mol. The first kappa shape index (κ1) is 22.8. The fourth-order valence-electron chi connectivity index (χ4n) is 2.72. The van der Waals surface area contributed by atoms with Crippen LogP contribution < -0.4 is 11.1 Å². The summed E-state index contributed by atoms with van der Waals surface area (Å²) in [7, 11) is 0. The predicted molar refractivity (Wildman–Crippen MR) is 108 cm³/mol. The molecular weight excluding hydrogens is 395 g/mol. The highest BCUT2D eigenvalue weighted by Crippen LogP contribution is 2.22. The number of aryl methyl sites for hydroxylation is 1. The molecule has 2 aromatic heterocycles. The van der Waals surface area contributed by atoms with Gasteiger partial charge in [-0.3, -0.25) is 9.78 Å². The van der Waals surface area contributed by atoms with Crippen LogP contribution in [0.1, 0.15) is 24.3 Å². The summed E-state index contributed by atoms with van der Waals surface area (Å²) in [6, 6.07) is 3.91. The molecule has 2 atom stereocenters. The van der Waals surface area contributed by atoms with Crippen molar-refractivity contribution >= 4 is 42.1 Å². The lowest BCUT2D eigenvalue weighted by Crippen LogP contribution is -2.36. The van der Waals surface area contributed by atoms with Crippen LogP contribution in [-0.2, 0) is 16.0 Å². The van der Waals surface area contributed by atoms with Crippen molar-refractivity contribution in [3.63, 3.8) is 0 Å². The molecular formula is C17H24Cl2N4O2S. The SMILES string of the molecule is Cl.Cl.NC[C@H]1CC[C@@H](C(=O)NCCCc2nc(-c3ccncc3)cs2)O1. The van der Waals surface area contributed by atoms with Gasteiger partial charge in [0.25, 0.3) is 0 Å². The monoisotopic (exact) mass is 418 g/mol. The summed E-state index contributed by atoms with van der Waals surface area (Å²) in [4.78, 5) is 20.7. The van der Waals surface area contributed by atoms with E-state index >= 15 is 0 Å². The second kappa shape index (κ2) is 11.5. The normalized spacial score (nSPS) is 18.7. The zero-order valence-electron chi connectivity index (χ0n) is 14.3. The number of carbonyl (C=O) groups excluding carboxylic acids is 1. The lowest BCUT2D eigenvalue weighted by atomic mass is 10.2. The first-order valence-electron chi connectivity index (χ1n) is 8.24. The topological polar surface area (TPSA) is 90.1 Å². The molecule has 0 spiro atoms. The Balaban J connectivity index is 0.00000169. The molecule has 0 aromatic carbocycles. The molecule has 0 saturated carbocycles. The number of thiazole rings is 1. The molecule has 3 rings (SSSR count). The van der Waals surface area contributed by atoms with Crippen LogP contribution >= 0.6 is 36.2 Å². The maximum Gasteiger partial charge on any atom is 0.249 e. The molecule has 1 fully saturated rings. The first-order valence-corrected chi connectivity index (χ1v) is 9.12. The minimum atomic E-state index is -0.336. The molecule has 26 heavy (non-hydrogen) atoms. The van der Waals surface area contributed by atoms with Crippen LogP contribution in [0.2, 0.25) is 0 Å². The summed E-state index contributed by atoms with van der Waals surface area (Å²) < 4.78 is 5.59. The molecule has 1 aliphatic heterocycles. The van der Waals surface area contributed by atoms with Gasteiger partial charge in [0, 0.05) is 42.8 Å². The molecule has 1 amide bonds. The van der Waals surface area contributed by atoms with Crippen LogP contribution in [-0.4, -0.2) is 41.2 Å². The number of nitrogens with one attached hydrogen (secondary N) is 1. The summed E-state index contributed by atoms with van der Waals surface area (Å²) in [6.07, 6.45) is 6.57. The molecule has 1 aliphatic rings. The number of nitrogens with zero attached hydrogens (tertiary/aromatic N) is 2. The fourth-order valence-corrected chi connectivity index (χ4v) is 3.57. The Morgan fingerprint density at radius 2 is 2.08 bits per heavy atom. The van der Waals surface area contributed by atoms with Gasteiger partial charge < -0.3 is 15.8 Å². The molecule has 0 unspecified atom stereocenters. The third-order valence-corrected chi connectivity index (χ3v) is 4.97. The zero-order chi connectivity index (χ0) is 16.8. The van der Waals surface area contributed by atoms with Crippen LogP contribution in [0.5, 0.6) is 0 Å². The number of amides is 1. The molecule has 0 radical (unpaired) electrons. The summed E-state index contributed by atoms with van der Waals surface area (Å²) in [5.74, 6) is -0.0254. The molecule has 2 aromatic rings. The predicted octanol–water partition coefficient (Wildman–Crippen LogP) is 2.60. The molecule has 0 bridgehead atoms. The van der Waals surface area contributed by atoms with Gasteiger partial charge in [0.05, 0.1) is 16.8 Å². The van der Waals surface area contributed by atoms with Crippen molar-refractivity contribution in [1.82, 2.24) is 15.3 Å². The number of ether oxygens (including phenoxy) is 1. The standard InChI is InChI=1S/C17H22N4O2S.2ClH/c18-10-13-3-4-15(23-13)17(22)20-7-1-2-16-21-14(11-24-16)12-5-8-19-9-6-12;;/h5-6,8-9,11,13,15H,1-4,7,10,18H2,(H,20,22);2*1H/t13-,15+;;/m1../s1. The number of halogens is 2. The van der Waals surface area contributed by atoms with Crippen molar-refractivity contribution in [3.05, 3.63) is 34.9 Å². The van der Waals surface area contributed by atoms with Gasteiger partial charge in [-0.05, 0) is 31.4 Å². The van der Waals surface area contributed by atoms with E-state index in [4.69, 9.17) is 10.5 Å². The Hall–Kier alpha value is -1.25. The van der Waals surface area contributed by atoms with Crippen molar-refractivity contribution in [1.29, 1.82) is 0 Å². The number of hydrogen-bond acceptors (Lipinski definition) is 6. The van der Waals surface area contributed by atoms with Crippen LogP contribution in [0.15, 0.2) is 29.9 Å². The second-order valence-corrected chi connectivity index (χ2v) is 6.76. The number of pyridine rings is 1. The summed E-state index contributed by atoms with van der Waals surface area (Å²) in [5, 5.41) is 6.08. The van der Waals surface area contributed by atoms with E-state index in [1.807, 2.05) is 12.1 Å². The van der Waals surface area contributed by atoms with E-state index in [-0.39, 0.29) is 42.9 Å². The highest BCUT2D eigenvalue weighted by atomic mass is 35.5. The van der Waals surface area contributed by atoms with Gasteiger partial charge in [0.15, 0.2) is 0 Å². The van der Waals surface area contributed by atoms with E-state index in [2.05, 4.69) is 20.7 Å². The molecule has 6 nitrogen and oxygen atoms in total. The molecule has 3 N–H and O–H groups in total. The Morgan fingerprint density at radius 3 is 2.77 bits per heavy atom. The minimum absolute atomic E-state index is 0. The van der Waals surface area contributed by atoms with Gasteiger partial charge in [0.2, 0.25) is 5.91 Å². The Labute approximate surface area is 169 Å². The number of carbonyl (C=O) groups is 1. The molecule has 9 heteroatoms. The Morgan fingerprint density at radius 1 is 1.31 bits per heavy atom. The lowest BCUT2D eigenvalue weighted by molar-refractivity contribution is -0.131. The summed E-state index contributed by atoms with van der Waals surface area (Å²) >= 11 is 1.65. The van der Waals surface area contributed by atoms with Crippen molar-refractivity contribution in [2.45, 2.75) is 37.9 Å². The largest absolute Gasteiger partial charge is 0.364 e. The van der Waals surface area contributed by atoms with Crippen LogP contribution in [0.3, 0.4) is 0 Å². The van der Waals surface area contributed by atoms with Crippen molar-refractivity contribution in [3.8, 4) is 11.3 Å². The molecule has 1 saturated heterocycles. The van der Waals surface area contributed by atoms with Gasteiger partial charge in [0.1, 0.15) is 6.10 Å². The fraction of sp³-hybridized carbons (Fsp3) is 0.471. The lowest BCUT2D eigenvalue weighted by Gasteiger charge is -2.12. The molecule has 144 valence electrons. The zero-order valence-corrected chi connectivity index (χ0v) is 16.7. The third-order valence-electron chi connectivity index (χ3n) is 4.06. The van der Waals surface area contributed by atoms with Gasteiger partial charge in [-0.15, -0.1) is 36.2 Å². The Bertz CT molecular complexity index is 672. The minimum Gasteiger partial charge on any atom is -0.364 e. The average Bonchev–Trinajstić information content (AvgIpc) is 3.28. The van der Waals surface area contributed by atoms with Gasteiger partial charge in [-0.1, -0.05) is 0 Å². The third kappa shape index (κ3) is 6.17. The maximum atomic E-state index is 12.0. The second-order valence-electron chi connectivity index (χ2n) is 5.82. The van der Waals surface area contributed by atoms with E-state index in [0.29, 0.717) is 13.1 Å². The first-order chi connectivity index (χ1) is 11.8. The van der Waals surface area contributed by atoms with Crippen molar-refractivity contribution in [2.24, 2.45) is 5.73 Å². The highest BCUT2D eigenvalue weighted by Gasteiger charge is 2.29. The van der Waals surface area contributed by atoms with Crippen LogP contribution in [0, 0.1) is 0 Å². The van der Waals surface area contributed by atoms with Crippen LogP contribution in [0.4, 0.5) is 0 Å². The quantitative estimate of drug-likeness (QED) is 0.674. The maximum absolute atomic E-state index is 12.0. The number of rotatable bonds is 7. The molecule has 0 aliphatic carbocycles. The number of nitrogens with two attached hydrogens (primary N) is 1. The van der Waals surface area contributed by atoms with Gasteiger partial charge >= 0.3 is 0 Å². The van der Waals surface area contributed by atoms with Crippen molar-refractivity contribution < 1.29 is 9.53 Å². The van der Waals surface area contributed by atoms with Crippen LogP contribution in [0.25, 0.3) is 11.3 Å². The number of hydrogen-bond donors (Lipinski definition) is 2. The van der Waals surface area contributed by atoms with E-state index in [0.717, 1.165) is 41.9 Å². The summed E-state index contributed by atoms with van der Waals surface area (Å²) in [5.41, 5.74) is 7.62. The van der Waals surface area contributed by atoms with E-state index in [1.165, 1.54) is 0 Å². The van der Waals surface area contributed by atoms with E-state index in [1.54, 1.807) is 23.7 Å². The van der Waals surface area contributed by atoms with Gasteiger partial charge in [-0.25, -0.2) is 4.98 Å². The highest BCUT2D eigenvalue weighted by molar-refractivity contribution is 7.09. The Kier molecular flexibility index (Phi) is 10.0. The molecule has 3 heterocycles. The number of aromatic nitrogens is 2.